The van der Waals surface area contributed by atoms with E-state index in [4.69, 9.17) is 16.3 Å². The molecule has 0 atom stereocenters. The molecular weight excluding hydrogens is 264 g/mol. The Bertz CT molecular complexity index is 577. The Labute approximate surface area is 116 Å². The van der Waals surface area contributed by atoms with E-state index >= 15 is 0 Å². The number of fused-ring (bicyclic) bond motifs is 1. The van der Waals surface area contributed by atoms with Gasteiger partial charge in [-0.3, -0.25) is 0 Å². The average Bonchev–Trinajstić information content (AvgIpc) is 2.88. The first kappa shape index (κ1) is 12.7. The first-order chi connectivity index (χ1) is 9.22. The van der Waals surface area contributed by atoms with Gasteiger partial charge in [-0.15, -0.1) is 11.6 Å². The maximum Gasteiger partial charge on any atom is 0.157 e. The van der Waals surface area contributed by atoms with Crippen LogP contribution in [0.25, 0.3) is 5.65 Å². The third kappa shape index (κ3) is 2.40. The minimum absolute atomic E-state index is 0.119. The molecule has 19 heavy (non-hydrogen) atoms. The number of pyridine rings is 1. The summed E-state index contributed by atoms with van der Waals surface area (Å²) in [4.78, 5) is 4.24. The van der Waals surface area contributed by atoms with Gasteiger partial charge in [0, 0.05) is 19.1 Å². The van der Waals surface area contributed by atoms with Crippen LogP contribution in [-0.4, -0.2) is 39.2 Å². The largest absolute Gasteiger partial charge is 0.381 e. The number of rotatable bonds is 3. The molecule has 1 aliphatic rings. The number of hydrogen-bond donors (Lipinski definition) is 1. The molecule has 3 heterocycles. The van der Waals surface area contributed by atoms with Crippen LogP contribution in [-0.2, 0) is 4.74 Å². The minimum atomic E-state index is -0.119. The minimum Gasteiger partial charge on any atom is -0.381 e. The quantitative estimate of drug-likeness (QED) is 0.876. The molecule has 2 aromatic heterocycles. The summed E-state index contributed by atoms with van der Waals surface area (Å²) in [5.41, 5.74) is 1.88. The van der Waals surface area contributed by atoms with E-state index in [1.807, 2.05) is 10.6 Å². The lowest BCUT2D eigenvalue weighted by Gasteiger charge is -2.37. The Morgan fingerprint density at radius 3 is 2.95 bits per heavy atom. The molecule has 0 bridgehead atoms. The first-order valence-electron chi connectivity index (χ1n) is 6.45. The second-order valence-corrected chi connectivity index (χ2v) is 5.37. The van der Waals surface area contributed by atoms with Crippen LogP contribution in [0.2, 0.25) is 0 Å². The molecule has 3 rings (SSSR count). The van der Waals surface area contributed by atoms with Crippen molar-refractivity contribution < 1.29 is 4.74 Å². The fourth-order valence-electron chi connectivity index (χ4n) is 2.47. The highest BCUT2D eigenvalue weighted by molar-refractivity contribution is 6.18. The zero-order chi connectivity index (χ0) is 13.3. The Kier molecular flexibility index (Phi) is 3.33. The molecule has 1 fully saturated rings. The van der Waals surface area contributed by atoms with Crippen LogP contribution in [0.3, 0.4) is 0 Å². The average molecular weight is 281 g/mol. The van der Waals surface area contributed by atoms with E-state index in [1.54, 1.807) is 6.33 Å². The number of aryl methyl sites for hydroxylation is 1. The molecular formula is C13H17ClN4O. The number of ether oxygens (including phenoxy) is 1. The van der Waals surface area contributed by atoms with Crippen LogP contribution < -0.4 is 5.32 Å². The molecule has 0 saturated carbocycles. The summed E-state index contributed by atoms with van der Waals surface area (Å²) in [6.07, 6.45) is 3.37. The third-order valence-corrected chi connectivity index (χ3v) is 4.13. The zero-order valence-electron chi connectivity index (χ0n) is 10.9. The van der Waals surface area contributed by atoms with E-state index in [0.717, 1.165) is 43.1 Å². The second-order valence-electron chi connectivity index (χ2n) is 5.10. The fraction of sp³-hybridized carbons (Fsp3) is 0.538. The Morgan fingerprint density at radius 2 is 2.21 bits per heavy atom. The standard InChI is InChI=1S/C13H17ClN4O/c1-10-6-11-15-9-16-18(11)12(7-10)17-13(8-14)2-4-19-5-3-13/h6-7,9,17H,2-5,8H2,1H3. The van der Waals surface area contributed by atoms with Gasteiger partial charge in [-0.05, 0) is 37.5 Å². The maximum absolute atomic E-state index is 6.19. The molecule has 0 aliphatic carbocycles. The van der Waals surface area contributed by atoms with Gasteiger partial charge in [0.2, 0.25) is 0 Å². The number of halogens is 1. The summed E-state index contributed by atoms with van der Waals surface area (Å²) in [6, 6.07) is 4.08. The second kappa shape index (κ2) is 4.98. The predicted octanol–water partition coefficient (Wildman–Crippen LogP) is 2.24. The molecule has 1 saturated heterocycles. The summed E-state index contributed by atoms with van der Waals surface area (Å²) in [5.74, 6) is 1.50. The van der Waals surface area contributed by atoms with E-state index in [1.165, 1.54) is 0 Å². The van der Waals surface area contributed by atoms with Crippen LogP contribution in [0.15, 0.2) is 18.5 Å². The van der Waals surface area contributed by atoms with E-state index in [0.29, 0.717) is 5.88 Å². The molecule has 0 spiro atoms. The van der Waals surface area contributed by atoms with Crippen LogP contribution in [0, 0.1) is 6.92 Å². The number of hydrogen-bond acceptors (Lipinski definition) is 4. The van der Waals surface area contributed by atoms with Crippen molar-refractivity contribution in [1.82, 2.24) is 14.6 Å². The molecule has 6 heteroatoms. The summed E-state index contributed by atoms with van der Waals surface area (Å²) < 4.78 is 7.24. The van der Waals surface area contributed by atoms with Gasteiger partial charge in [-0.25, -0.2) is 4.98 Å². The molecule has 102 valence electrons. The van der Waals surface area contributed by atoms with Gasteiger partial charge in [0.25, 0.3) is 0 Å². The van der Waals surface area contributed by atoms with Crippen molar-refractivity contribution in [3.63, 3.8) is 0 Å². The molecule has 0 aromatic carbocycles. The van der Waals surface area contributed by atoms with Gasteiger partial charge in [0.1, 0.15) is 12.1 Å². The first-order valence-corrected chi connectivity index (χ1v) is 6.98. The lowest BCUT2D eigenvalue weighted by Crippen LogP contribution is -2.45. The van der Waals surface area contributed by atoms with Gasteiger partial charge in [-0.1, -0.05) is 0 Å². The molecule has 0 radical (unpaired) electrons. The normalized spacial score (nSPS) is 18.6. The van der Waals surface area contributed by atoms with Crippen molar-refractivity contribution >= 4 is 23.1 Å². The van der Waals surface area contributed by atoms with Crippen LogP contribution in [0.5, 0.6) is 0 Å². The molecule has 0 amide bonds. The zero-order valence-corrected chi connectivity index (χ0v) is 11.7. The summed E-state index contributed by atoms with van der Waals surface area (Å²) >= 11 is 6.19. The topological polar surface area (TPSA) is 51.5 Å². The lowest BCUT2D eigenvalue weighted by atomic mass is 9.92. The van der Waals surface area contributed by atoms with Crippen LogP contribution in [0.4, 0.5) is 5.82 Å². The van der Waals surface area contributed by atoms with Gasteiger partial charge in [0.15, 0.2) is 5.65 Å². The summed E-state index contributed by atoms with van der Waals surface area (Å²) in [6.45, 7) is 3.54. The number of alkyl halides is 1. The highest BCUT2D eigenvalue weighted by Gasteiger charge is 2.32. The van der Waals surface area contributed by atoms with Gasteiger partial charge in [-0.2, -0.15) is 9.61 Å². The van der Waals surface area contributed by atoms with Crippen molar-refractivity contribution in [2.75, 3.05) is 24.4 Å². The van der Waals surface area contributed by atoms with Gasteiger partial charge in [0.05, 0.1) is 5.54 Å². The fourth-order valence-corrected chi connectivity index (χ4v) is 2.81. The predicted molar refractivity (Wildman–Crippen MR) is 74.9 cm³/mol. The maximum atomic E-state index is 6.19. The van der Waals surface area contributed by atoms with E-state index < -0.39 is 0 Å². The molecule has 1 N–H and O–H groups in total. The van der Waals surface area contributed by atoms with Crippen molar-refractivity contribution in [2.24, 2.45) is 0 Å². The number of nitrogens with one attached hydrogen (secondary N) is 1. The molecule has 0 unspecified atom stereocenters. The van der Waals surface area contributed by atoms with Gasteiger partial charge < -0.3 is 10.1 Å². The van der Waals surface area contributed by atoms with E-state index in [2.05, 4.69) is 28.4 Å². The van der Waals surface area contributed by atoms with Gasteiger partial charge >= 0.3 is 0 Å². The van der Waals surface area contributed by atoms with E-state index in [9.17, 15) is 0 Å². The molecule has 5 nitrogen and oxygen atoms in total. The number of nitrogens with zero attached hydrogens (tertiary/aromatic N) is 3. The highest BCUT2D eigenvalue weighted by atomic mass is 35.5. The van der Waals surface area contributed by atoms with Crippen LogP contribution in [0.1, 0.15) is 18.4 Å². The third-order valence-electron chi connectivity index (χ3n) is 3.62. The highest BCUT2D eigenvalue weighted by Crippen LogP contribution is 2.27. The van der Waals surface area contributed by atoms with Crippen LogP contribution >= 0.6 is 11.6 Å². The number of anilines is 1. The summed E-state index contributed by atoms with van der Waals surface area (Å²) in [5, 5.41) is 7.82. The van der Waals surface area contributed by atoms with Crippen molar-refractivity contribution in [1.29, 1.82) is 0 Å². The lowest BCUT2D eigenvalue weighted by molar-refractivity contribution is 0.0666. The molecule has 1 aliphatic heterocycles. The monoisotopic (exact) mass is 280 g/mol. The van der Waals surface area contributed by atoms with Crippen molar-refractivity contribution in [2.45, 2.75) is 25.3 Å². The van der Waals surface area contributed by atoms with E-state index in [-0.39, 0.29) is 5.54 Å². The summed E-state index contributed by atoms with van der Waals surface area (Å²) in [7, 11) is 0. The Morgan fingerprint density at radius 1 is 1.42 bits per heavy atom. The van der Waals surface area contributed by atoms with Crippen molar-refractivity contribution in [3.8, 4) is 0 Å². The Hall–Kier alpha value is -1.33. The number of aromatic nitrogens is 3. The Balaban J connectivity index is 1.97. The smallest absolute Gasteiger partial charge is 0.157 e. The van der Waals surface area contributed by atoms with Crippen molar-refractivity contribution in [3.05, 3.63) is 24.0 Å². The molecule has 2 aromatic rings. The SMILES string of the molecule is Cc1cc(NC2(CCl)CCOCC2)n2ncnc2c1.